The van der Waals surface area contributed by atoms with E-state index in [0.717, 1.165) is 11.1 Å². The molecule has 0 unspecified atom stereocenters. The molecule has 37 heavy (non-hydrogen) atoms. The highest BCUT2D eigenvalue weighted by atomic mass is 16.5. The molecule has 0 spiro atoms. The Bertz CT molecular complexity index is 1280. The maximum Gasteiger partial charge on any atom is 0.329 e. The SMILES string of the molecule is COc1ccc(NC(=O)COc2ccc(/C=N\NC(=O)C(=O)Nc3c(C)cccc3C)cc2OC)cc1. The molecule has 3 aromatic rings. The molecule has 3 N–H and O–H groups in total. The normalized spacial score (nSPS) is 10.5. The summed E-state index contributed by atoms with van der Waals surface area (Å²) in [6, 6.07) is 17.3. The van der Waals surface area contributed by atoms with Gasteiger partial charge in [0.05, 0.1) is 20.4 Å². The monoisotopic (exact) mass is 504 g/mol. The third-order valence-electron chi connectivity index (χ3n) is 5.23. The molecule has 3 aromatic carbocycles. The molecule has 0 saturated heterocycles. The molecule has 0 bridgehead atoms. The van der Waals surface area contributed by atoms with Crippen LogP contribution in [-0.2, 0) is 14.4 Å². The van der Waals surface area contributed by atoms with Crippen LogP contribution < -0.4 is 30.3 Å². The molecule has 3 amide bonds. The van der Waals surface area contributed by atoms with Gasteiger partial charge in [0.1, 0.15) is 5.75 Å². The molecule has 10 nitrogen and oxygen atoms in total. The van der Waals surface area contributed by atoms with E-state index in [1.807, 2.05) is 32.0 Å². The Morgan fingerprint density at radius 1 is 0.838 bits per heavy atom. The van der Waals surface area contributed by atoms with E-state index in [1.54, 1.807) is 49.6 Å². The quantitative estimate of drug-likeness (QED) is 0.233. The molecule has 0 saturated carbocycles. The minimum absolute atomic E-state index is 0.235. The zero-order valence-corrected chi connectivity index (χ0v) is 21.0. The molecule has 0 aliphatic heterocycles. The minimum atomic E-state index is -0.909. The first-order valence-corrected chi connectivity index (χ1v) is 11.3. The minimum Gasteiger partial charge on any atom is -0.497 e. The average Bonchev–Trinajstić information content (AvgIpc) is 2.90. The topological polar surface area (TPSA) is 127 Å². The van der Waals surface area contributed by atoms with Gasteiger partial charge in [0.2, 0.25) is 0 Å². The van der Waals surface area contributed by atoms with Gasteiger partial charge < -0.3 is 24.8 Å². The summed E-state index contributed by atoms with van der Waals surface area (Å²) in [6.07, 6.45) is 1.35. The lowest BCUT2D eigenvalue weighted by atomic mass is 10.1. The maximum absolute atomic E-state index is 12.2. The average molecular weight is 505 g/mol. The van der Waals surface area contributed by atoms with Gasteiger partial charge >= 0.3 is 11.8 Å². The van der Waals surface area contributed by atoms with Crippen LogP contribution in [0.15, 0.2) is 65.8 Å². The van der Waals surface area contributed by atoms with Crippen molar-refractivity contribution in [3.63, 3.8) is 0 Å². The van der Waals surface area contributed by atoms with Gasteiger partial charge in [-0.05, 0) is 73.0 Å². The van der Waals surface area contributed by atoms with E-state index in [0.29, 0.717) is 34.2 Å². The molecule has 0 atom stereocenters. The fourth-order valence-electron chi connectivity index (χ4n) is 3.30. The predicted molar refractivity (Wildman–Crippen MR) is 140 cm³/mol. The third kappa shape index (κ3) is 7.56. The lowest BCUT2D eigenvalue weighted by Crippen LogP contribution is -2.32. The molecule has 3 rings (SSSR count). The third-order valence-corrected chi connectivity index (χ3v) is 5.23. The van der Waals surface area contributed by atoms with Gasteiger partial charge in [0.15, 0.2) is 18.1 Å². The number of aryl methyl sites for hydroxylation is 2. The number of amides is 3. The van der Waals surface area contributed by atoms with E-state index < -0.39 is 11.8 Å². The lowest BCUT2D eigenvalue weighted by Gasteiger charge is -2.12. The number of hydrogen-bond acceptors (Lipinski definition) is 7. The number of ether oxygens (including phenoxy) is 3. The van der Waals surface area contributed by atoms with Gasteiger partial charge in [-0.1, -0.05) is 18.2 Å². The van der Waals surface area contributed by atoms with Crippen LogP contribution in [-0.4, -0.2) is 44.8 Å². The van der Waals surface area contributed by atoms with Crippen LogP contribution in [0.1, 0.15) is 16.7 Å². The fraction of sp³-hybridized carbons (Fsp3) is 0.185. The highest BCUT2D eigenvalue weighted by Crippen LogP contribution is 2.27. The Balaban J connectivity index is 1.53. The Morgan fingerprint density at radius 2 is 1.54 bits per heavy atom. The Labute approximate surface area is 214 Å². The number of rotatable bonds is 9. The number of nitrogens with zero attached hydrogens (tertiary/aromatic N) is 1. The Kier molecular flexibility index (Phi) is 9.20. The number of methoxy groups -OCH3 is 2. The van der Waals surface area contributed by atoms with E-state index in [-0.39, 0.29) is 12.5 Å². The van der Waals surface area contributed by atoms with E-state index in [2.05, 4.69) is 21.2 Å². The summed E-state index contributed by atoms with van der Waals surface area (Å²) in [5, 5.41) is 9.16. The lowest BCUT2D eigenvalue weighted by molar-refractivity contribution is -0.136. The van der Waals surface area contributed by atoms with Gasteiger partial charge in [-0.25, -0.2) is 5.43 Å². The number of benzene rings is 3. The van der Waals surface area contributed by atoms with Gasteiger partial charge in [0.25, 0.3) is 5.91 Å². The predicted octanol–water partition coefficient (Wildman–Crippen LogP) is 3.43. The van der Waals surface area contributed by atoms with Crippen LogP contribution in [0.5, 0.6) is 17.2 Å². The molecular formula is C27H28N4O6. The van der Waals surface area contributed by atoms with Crippen LogP contribution in [0.4, 0.5) is 11.4 Å². The Hall–Kier alpha value is -4.86. The summed E-state index contributed by atoms with van der Waals surface area (Å²) >= 11 is 0. The number of nitrogens with one attached hydrogen (secondary N) is 3. The first kappa shape index (κ1) is 26.7. The van der Waals surface area contributed by atoms with E-state index in [1.165, 1.54) is 13.3 Å². The summed E-state index contributed by atoms with van der Waals surface area (Å²) in [7, 11) is 3.02. The van der Waals surface area contributed by atoms with Crippen LogP contribution in [0.3, 0.4) is 0 Å². The largest absolute Gasteiger partial charge is 0.497 e. The van der Waals surface area contributed by atoms with Crippen molar-refractivity contribution in [2.75, 3.05) is 31.5 Å². The van der Waals surface area contributed by atoms with Crippen molar-refractivity contribution < 1.29 is 28.6 Å². The summed E-state index contributed by atoms with van der Waals surface area (Å²) in [4.78, 5) is 36.5. The molecule has 0 radical (unpaired) electrons. The zero-order valence-electron chi connectivity index (χ0n) is 21.0. The molecule has 0 aliphatic carbocycles. The maximum atomic E-state index is 12.2. The van der Waals surface area contributed by atoms with Crippen molar-refractivity contribution in [1.29, 1.82) is 0 Å². The molecule has 0 heterocycles. The highest BCUT2D eigenvalue weighted by molar-refractivity contribution is 6.39. The Morgan fingerprint density at radius 3 is 2.19 bits per heavy atom. The van der Waals surface area contributed by atoms with Gasteiger partial charge in [-0.15, -0.1) is 0 Å². The fourth-order valence-corrected chi connectivity index (χ4v) is 3.30. The van der Waals surface area contributed by atoms with E-state index in [9.17, 15) is 14.4 Å². The molecule has 0 aliphatic rings. The van der Waals surface area contributed by atoms with Crippen LogP contribution in [0, 0.1) is 13.8 Å². The van der Waals surface area contributed by atoms with Gasteiger partial charge in [-0.3, -0.25) is 14.4 Å². The second-order valence-electron chi connectivity index (χ2n) is 7.90. The number of anilines is 2. The number of hydrogen-bond donors (Lipinski definition) is 3. The van der Waals surface area contributed by atoms with Gasteiger partial charge in [-0.2, -0.15) is 5.10 Å². The molecule has 10 heteroatoms. The van der Waals surface area contributed by atoms with Crippen LogP contribution in [0.2, 0.25) is 0 Å². The van der Waals surface area contributed by atoms with Crippen molar-refractivity contribution in [1.82, 2.24) is 5.43 Å². The first-order valence-electron chi connectivity index (χ1n) is 11.3. The number of carbonyl (C=O) groups is 3. The molecule has 0 aromatic heterocycles. The summed E-state index contributed by atoms with van der Waals surface area (Å²) in [6.45, 7) is 3.45. The van der Waals surface area contributed by atoms with Crippen molar-refractivity contribution in [2.45, 2.75) is 13.8 Å². The number of para-hydroxylation sites is 1. The smallest absolute Gasteiger partial charge is 0.329 e. The second kappa shape index (κ2) is 12.7. The summed E-state index contributed by atoms with van der Waals surface area (Å²) in [5.41, 5.74) is 5.66. The molecule has 0 fully saturated rings. The zero-order chi connectivity index (χ0) is 26.8. The van der Waals surface area contributed by atoms with E-state index in [4.69, 9.17) is 14.2 Å². The van der Waals surface area contributed by atoms with Crippen molar-refractivity contribution >= 4 is 35.3 Å². The summed E-state index contributed by atoms with van der Waals surface area (Å²) < 4.78 is 16.0. The number of carbonyl (C=O) groups excluding carboxylic acids is 3. The van der Waals surface area contributed by atoms with Crippen molar-refractivity contribution in [2.24, 2.45) is 5.10 Å². The molecule has 192 valence electrons. The summed E-state index contributed by atoms with van der Waals surface area (Å²) in [5.74, 6) is -0.693. The van der Waals surface area contributed by atoms with Crippen molar-refractivity contribution in [3.8, 4) is 17.2 Å². The van der Waals surface area contributed by atoms with Crippen LogP contribution >= 0.6 is 0 Å². The second-order valence-corrected chi connectivity index (χ2v) is 7.90. The van der Waals surface area contributed by atoms with Crippen molar-refractivity contribution in [3.05, 3.63) is 77.4 Å². The van der Waals surface area contributed by atoms with Gasteiger partial charge in [0, 0.05) is 11.4 Å². The highest BCUT2D eigenvalue weighted by Gasteiger charge is 2.15. The first-order chi connectivity index (χ1) is 17.8. The molecular weight excluding hydrogens is 476 g/mol. The van der Waals surface area contributed by atoms with Crippen LogP contribution in [0.25, 0.3) is 0 Å². The standard InChI is InChI=1S/C27H28N4O6/c1-17-6-5-7-18(2)25(17)30-26(33)27(34)31-28-15-19-8-13-22(23(14-19)36-4)37-16-24(32)29-20-9-11-21(35-3)12-10-20/h5-15H,16H2,1-4H3,(H,29,32)(H,30,33)(H,31,34)/b28-15-. The number of hydrazone groups is 1. The van der Waals surface area contributed by atoms with E-state index >= 15 is 0 Å².